The first-order valence-electron chi connectivity index (χ1n) is 6.27. The third-order valence-electron chi connectivity index (χ3n) is 3.44. The Balaban J connectivity index is 2.09. The zero-order valence-electron chi connectivity index (χ0n) is 10.9. The molecule has 0 saturated carbocycles. The van der Waals surface area contributed by atoms with Gasteiger partial charge in [0.25, 0.3) is 0 Å². The largest absolute Gasteiger partial charge is 0.496 e. The molecule has 0 aromatic heterocycles. The molecule has 1 aliphatic heterocycles. The Labute approximate surface area is 104 Å². The minimum absolute atomic E-state index is 0.305. The predicted octanol–water partition coefficient (Wildman–Crippen LogP) is 2.74. The van der Waals surface area contributed by atoms with E-state index in [1.54, 1.807) is 0 Å². The van der Waals surface area contributed by atoms with Gasteiger partial charge < -0.3 is 10.1 Å². The highest BCUT2D eigenvalue weighted by Crippen LogP contribution is 2.18. The van der Waals surface area contributed by atoms with Crippen molar-refractivity contribution in [2.45, 2.75) is 32.7 Å². The van der Waals surface area contributed by atoms with E-state index in [0.717, 1.165) is 25.2 Å². The van der Waals surface area contributed by atoms with E-state index in [0.29, 0.717) is 6.04 Å². The minimum Gasteiger partial charge on any atom is -0.496 e. The van der Waals surface area contributed by atoms with Gasteiger partial charge in [-0.15, -0.1) is 0 Å². The number of aryl methyl sites for hydroxylation is 2. The van der Waals surface area contributed by atoms with Crippen molar-refractivity contribution in [3.8, 4) is 0 Å². The summed E-state index contributed by atoms with van der Waals surface area (Å²) in [5, 5.41) is 3.33. The Bertz CT molecular complexity index is 423. The van der Waals surface area contributed by atoms with Crippen LogP contribution in [0.15, 0.2) is 30.0 Å². The molecule has 0 saturated heterocycles. The van der Waals surface area contributed by atoms with E-state index in [9.17, 15) is 0 Å². The molecule has 1 aromatic carbocycles. The van der Waals surface area contributed by atoms with Crippen molar-refractivity contribution in [1.29, 1.82) is 0 Å². The minimum atomic E-state index is 0.305. The van der Waals surface area contributed by atoms with Gasteiger partial charge in [0.15, 0.2) is 0 Å². The Kier molecular flexibility index (Phi) is 3.85. The maximum absolute atomic E-state index is 5.63. The normalized spacial score (nSPS) is 16.5. The second-order valence-electron chi connectivity index (χ2n) is 4.71. The van der Waals surface area contributed by atoms with E-state index in [1.165, 1.54) is 16.7 Å². The van der Waals surface area contributed by atoms with Crippen LogP contribution >= 0.6 is 0 Å². The van der Waals surface area contributed by atoms with Gasteiger partial charge in [0.05, 0.1) is 12.6 Å². The monoisotopic (exact) mass is 231 g/mol. The highest BCUT2D eigenvalue weighted by molar-refractivity contribution is 5.31. The van der Waals surface area contributed by atoms with E-state index in [2.05, 4.69) is 43.4 Å². The number of nitrogens with one attached hydrogen (secondary N) is 1. The van der Waals surface area contributed by atoms with Crippen LogP contribution in [0.3, 0.4) is 0 Å². The summed E-state index contributed by atoms with van der Waals surface area (Å²) in [5.74, 6) is 1.10. The number of rotatable bonds is 4. The van der Waals surface area contributed by atoms with Crippen molar-refractivity contribution in [3.05, 3.63) is 46.7 Å². The van der Waals surface area contributed by atoms with Crippen LogP contribution in [0, 0.1) is 13.8 Å². The van der Waals surface area contributed by atoms with Gasteiger partial charge in [0, 0.05) is 6.42 Å². The zero-order chi connectivity index (χ0) is 12.3. The number of hydrogen-bond acceptors (Lipinski definition) is 2. The molecule has 1 unspecified atom stereocenters. The molecule has 0 radical (unpaired) electrons. The van der Waals surface area contributed by atoms with Gasteiger partial charge in [-0.25, -0.2) is 0 Å². The molecule has 1 heterocycles. The van der Waals surface area contributed by atoms with E-state index >= 15 is 0 Å². The molecule has 1 N–H and O–H groups in total. The van der Waals surface area contributed by atoms with E-state index in [4.69, 9.17) is 4.74 Å². The van der Waals surface area contributed by atoms with Crippen LogP contribution in [0.5, 0.6) is 0 Å². The molecular weight excluding hydrogens is 210 g/mol. The summed E-state index contributed by atoms with van der Waals surface area (Å²) < 4.78 is 5.63. The fourth-order valence-electron chi connectivity index (χ4n) is 2.19. The van der Waals surface area contributed by atoms with Crippen LogP contribution in [-0.2, 0) is 11.2 Å². The van der Waals surface area contributed by atoms with Gasteiger partial charge in [-0.1, -0.05) is 18.2 Å². The molecule has 1 aromatic rings. The van der Waals surface area contributed by atoms with Crippen molar-refractivity contribution in [2.75, 3.05) is 13.7 Å². The Morgan fingerprint density at radius 3 is 2.71 bits per heavy atom. The Hall–Kier alpha value is -1.28. The third kappa shape index (κ3) is 2.89. The van der Waals surface area contributed by atoms with Crippen LogP contribution in [0.25, 0.3) is 0 Å². The Morgan fingerprint density at radius 1 is 1.29 bits per heavy atom. The van der Waals surface area contributed by atoms with Crippen LogP contribution in [0.2, 0.25) is 0 Å². The molecular formula is C15H21NO. The third-order valence-corrected chi connectivity index (χ3v) is 3.44. The van der Waals surface area contributed by atoms with Crippen molar-refractivity contribution in [2.24, 2.45) is 0 Å². The van der Waals surface area contributed by atoms with Gasteiger partial charge in [0.2, 0.25) is 0 Å². The summed E-state index contributed by atoms with van der Waals surface area (Å²) in [6, 6.07) is 6.98. The average Bonchev–Trinajstić information content (AvgIpc) is 2.84. The number of hydrogen-bond donors (Lipinski definition) is 1. The zero-order valence-corrected chi connectivity index (χ0v) is 10.9. The lowest BCUT2D eigenvalue weighted by molar-refractivity contribution is 0.217. The molecule has 0 amide bonds. The second-order valence-corrected chi connectivity index (χ2v) is 4.71. The van der Waals surface area contributed by atoms with E-state index in [1.807, 2.05) is 7.05 Å². The van der Waals surface area contributed by atoms with E-state index in [-0.39, 0.29) is 0 Å². The predicted molar refractivity (Wildman–Crippen MR) is 71.1 cm³/mol. The second kappa shape index (κ2) is 5.37. The summed E-state index contributed by atoms with van der Waals surface area (Å²) in [6.07, 6.45) is 4.23. The lowest BCUT2D eigenvalue weighted by atomic mass is 10.00. The molecule has 2 rings (SSSR count). The number of benzene rings is 1. The fourth-order valence-corrected chi connectivity index (χ4v) is 2.19. The molecule has 0 spiro atoms. The van der Waals surface area contributed by atoms with Gasteiger partial charge >= 0.3 is 0 Å². The maximum Gasteiger partial charge on any atom is 0.109 e. The van der Waals surface area contributed by atoms with Crippen molar-refractivity contribution >= 4 is 0 Å². The smallest absolute Gasteiger partial charge is 0.109 e. The van der Waals surface area contributed by atoms with Gasteiger partial charge in [-0.3, -0.25) is 0 Å². The number of ether oxygens (including phenoxy) is 1. The molecule has 2 heteroatoms. The number of likely N-dealkylation sites (N-methyl/N-ethyl adjacent to an activating group) is 1. The molecule has 2 nitrogen and oxygen atoms in total. The molecule has 1 atom stereocenters. The molecule has 0 bridgehead atoms. The summed E-state index contributed by atoms with van der Waals surface area (Å²) >= 11 is 0. The standard InChI is InChI=1S/C15H21NO/c1-11-6-7-13(9-12(11)2)10-14(16-3)15-5-4-8-17-15/h5-7,9,14,16H,4,8,10H2,1-3H3. The summed E-state index contributed by atoms with van der Waals surface area (Å²) in [6.45, 7) is 5.15. The first kappa shape index (κ1) is 12.2. The lowest BCUT2D eigenvalue weighted by Gasteiger charge is -2.18. The summed E-state index contributed by atoms with van der Waals surface area (Å²) in [7, 11) is 1.99. The first-order chi connectivity index (χ1) is 8.20. The topological polar surface area (TPSA) is 21.3 Å². The maximum atomic E-state index is 5.63. The van der Waals surface area contributed by atoms with Crippen LogP contribution in [0.1, 0.15) is 23.1 Å². The van der Waals surface area contributed by atoms with Crippen LogP contribution in [0.4, 0.5) is 0 Å². The van der Waals surface area contributed by atoms with E-state index < -0.39 is 0 Å². The highest BCUT2D eigenvalue weighted by Gasteiger charge is 2.17. The Morgan fingerprint density at radius 2 is 2.12 bits per heavy atom. The van der Waals surface area contributed by atoms with Gasteiger partial charge in [-0.05, 0) is 50.1 Å². The molecule has 0 aliphatic carbocycles. The van der Waals surface area contributed by atoms with Gasteiger partial charge in [-0.2, -0.15) is 0 Å². The van der Waals surface area contributed by atoms with Crippen LogP contribution in [-0.4, -0.2) is 19.7 Å². The van der Waals surface area contributed by atoms with Gasteiger partial charge in [0.1, 0.15) is 5.76 Å². The fraction of sp³-hybridized carbons (Fsp3) is 0.467. The molecule has 92 valence electrons. The molecule has 0 fully saturated rings. The summed E-state index contributed by atoms with van der Waals surface area (Å²) in [4.78, 5) is 0. The average molecular weight is 231 g/mol. The quantitative estimate of drug-likeness (QED) is 0.860. The molecule has 1 aliphatic rings. The van der Waals surface area contributed by atoms with Crippen LogP contribution < -0.4 is 5.32 Å². The van der Waals surface area contributed by atoms with Crippen molar-refractivity contribution < 1.29 is 4.74 Å². The van der Waals surface area contributed by atoms with Crippen molar-refractivity contribution in [3.63, 3.8) is 0 Å². The molecule has 17 heavy (non-hydrogen) atoms. The SMILES string of the molecule is CNC(Cc1ccc(C)c(C)c1)C1=CCCO1. The highest BCUT2D eigenvalue weighted by atomic mass is 16.5. The summed E-state index contributed by atoms with van der Waals surface area (Å²) in [5.41, 5.74) is 4.08. The lowest BCUT2D eigenvalue weighted by Crippen LogP contribution is -2.30. The van der Waals surface area contributed by atoms with Crippen molar-refractivity contribution in [1.82, 2.24) is 5.32 Å². The first-order valence-corrected chi connectivity index (χ1v) is 6.27.